The van der Waals surface area contributed by atoms with Crippen LogP contribution in [0.1, 0.15) is 10.4 Å². The summed E-state index contributed by atoms with van der Waals surface area (Å²) in [5.74, 6) is 0.309. The summed E-state index contributed by atoms with van der Waals surface area (Å²) in [5.41, 5.74) is 9.21. The summed E-state index contributed by atoms with van der Waals surface area (Å²) in [7, 11) is 1.64. The fraction of sp³-hybridized carbons (Fsp3) is 0.0526. The van der Waals surface area contributed by atoms with Gasteiger partial charge < -0.3 is 15.5 Å². The first-order valence-corrected chi connectivity index (χ1v) is 7.52. The number of nitrogens with two attached hydrogens (primary N) is 1. The van der Waals surface area contributed by atoms with Gasteiger partial charge in [-0.25, -0.2) is 0 Å². The zero-order valence-electron chi connectivity index (χ0n) is 13.0. The molecule has 0 radical (unpaired) electrons. The Morgan fingerprint density at radius 3 is 2.75 bits per heavy atom. The van der Waals surface area contributed by atoms with Gasteiger partial charge in [0.1, 0.15) is 5.75 Å². The number of benzene rings is 2. The molecule has 2 heterocycles. The Balaban J connectivity index is 2.05. The molecule has 0 aliphatic carbocycles. The van der Waals surface area contributed by atoms with Crippen LogP contribution in [0.4, 0.5) is 0 Å². The fourth-order valence-electron chi connectivity index (χ4n) is 3.04. The van der Waals surface area contributed by atoms with E-state index in [4.69, 9.17) is 10.5 Å². The third-order valence-electron chi connectivity index (χ3n) is 4.18. The van der Waals surface area contributed by atoms with Gasteiger partial charge in [0.25, 0.3) is 0 Å². The van der Waals surface area contributed by atoms with E-state index in [9.17, 15) is 4.79 Å². The van der Waals surface area contributed by atoms with Crippen LogP contribution in [0.25, 0.3) is 33.1 Å². The van der Waals surface area contributed by atoms with Gasteiger partial charge >= 0.3 is 0 Å². The molecule has 0 aliphatic heterocycles. The molecule has 24 heavy (non-hydrogen) atoms. The third kappa shape index (κ3) is 2.10. The number of rotatable bonds is 3. The van der Waals surface area contributed by atoms with Crippen molar-refractivity contribution in [1.29, 1.82) is 0 Å². The molecule has 1 amide bonds. The number of carbonyl (C=O) groups excluding carboxylic acids is 1. The number of aromatic nitrogens is 2. The number of H-pyrrole nitrogens is 1. The van der Waals surface area contributed by atoms with Crippen molar-refractivity contribution in [2.75, 3.05) is 7.11 Å². The monoisotopic (exact) mass is 317 g/mol. The van der Waals surface area contributed by atoms with E-state index in [1.807, 2.05) is 36.4 Å². The Morgan fingerprint density at radius 2 is 1.96 bits per heavy atom. The largest absolute Gasteiger partial charge is 0.497 e. The number of nitrogens with zero attached hydrogens (tertiary/aromatic N) is 1. The van der Waals surface area contributed by atoms with Crippen molar-refractivity contribution in [3.8, 4) is 17.0 Å². The van der Waals surface area contributed by atoms with Crippen molar-refractivity contribution in [3.63, 3.8) is 0 Å². The standard InChI is InChI=1S/C19H15N3O2/c1-24-11-6-7-12-14-8-9-21-17(18(14)22-16(12)10-11)13-4-2-3-5-15(13)19(20)23/h2-10,22H,1H3,(H2,20,23). The number of hydrogen-bond acceptors (Lipinski definition) is 3. The van der Waals surface area contributed by atoms with Crippen molar-refractivity contribution in [3.05, 3.63) is 60.3 Å². The van der Waals surface area contributed by atoms with E-state index in [-0.39, 0.29) is 0 Å². The molecule has 0 fully saturated rings. The average Bonchev–Trinajstić information content (AvgIpc) is 2.99. The summed E-state index contributed by atoms with van der Waals surface area (Å²) in [6.45, 7) is 0. The molecule has 0 bridgehead atoms. The summed E-state index contributed by atoms with van der Waals surface area (Å²) in [4.78, 5) is 19.6. The normalized spacial score (nSPS) is 11.0. The van der Waals surface area contributed by atoms with Gasteiger partial charge in [0.2, 0.25) is 5.91 Å². The zero-order valence-corrected chi connectivity index (χ0v) is 13.0. The second-order valence-electron chi connectivity index (χ2n) is 5.53. The minimum Gasteiger partial charge on any atom is -0.497 e. The lowest BCUT2D eigenvalue weighted by Crippen LogP contribution is -2.12. The predicted molar refractivity (Wildman–Crippen MR) is 94.1 cm³/mol. The number of nitrogens with one attached hydrogen (secondary N) is 1. The van der Waals surface area contributed by atoms with E-state index in [0.29, 0.717) is 16.8 Å². The number of carbonyl (C=O) groups is 1. The maximum Gasteiger partial charge on any atom is 0.249 e. The van der Waals surface area contributed by atoms with E-state index in [1.165, 1.54) is 0 Å². The van der Waals surface area contributed by atoms with Crippen LogP contribution in [0, 0.1) is 0 Å². The van der Waals surface area contributed by atoms with Gasteiger partial charge in [-0.15, -0.1) is 0 Å². The highest BCUT2D eigenvalue weighted by Gasteiger charge is 2.15. The molecule has 0 saturated carbocycles. The number of ether oxygens (including phenoxy) is 1. The van der Waals surface area contributed by atoms with E-state index in [0.717, 1.165) is 27.6 Å². The number of methoxy groups -OCH3 is 1. The Hall–Kier alpha value is -3.34. The number of amides is 1. The molecule has 0 atom stereocenters. The van der Waals surface area contributed by atoms with Crippen LogP contribution in [0.5, 0.6) is 5.75 Å². The fourth-order valence-corrected chi connectivity index (χ4v) is 3.04. The summed E-state index contributed by atoms with van der Waals surface area (Å²) in [5, 5.41) is 2.11. The first-order chi connectivity index (χ1) is 11.7. The van der Waals surface area contributed by atoms with Crippen molar-refractivity contribution in [2.45, 2.75) is 0 Å². The summed E-state index contributed by atoms with van der Waals surface area (Å²) >= 11 is 0. The SMILES string of the molecule is COc1ccc2c(c1)[nH]c1c(-c3ccccc3C(N)=O)nccc12. The highest BCUT2D eigenvalue weighted by molar-refractivity contribution is 6.12. The lowest BCUT2D eigenvalue weighted by Gasteiger charge is -2.07. The molecule has 0 spiro atoms. The molecule has 0 saturated heterocycles. The first-order valence-electron chi connectivity index (χ1n) is 7.52. The van der Waals surface area contributed by atoms with E-state index in [1.54, 1.807) is 25.4 Å². The summed E-state index contributed by atoms with van der Waals surface area (Å²) in [6, 6.07) is 15.1. The average molecular weight is 317 g/mol. The summed E-state index contributed by atoms with van der Waals surface area (Å²) < 4.78 is 5.29. The van der Waals surface area contributed by atoms with Crippen LogP contribution >= 0.6 is 0 Å². The van der Waals surface area contributed by atoms with Crippen LogP contribution < -0.4 is 10.5 Å². The van der Waals surface area contributed by atoms with Crippen molar-refractivity contribution in [2.24, 2.45) is 5.73 Å². The number of primary amides is 1. The highest BCUT2D eigenvalue weighted by Crippen LogP contribution is 2.34. The second-order valence-corrected chi connectivity index (χ2v) is 5.53. The number of aromatic amines is 1. The van der Waals surface area contributed by atoms with Crippen molar-refractivity contribution < 1.29 is 9.53 Å². The minimum absolute atomic E-state index is 0.453. The number of hydrogen-bond donors (Lipinski definition) is 2. The lowest BCUT2D eigenvalue weighted by atomic mass is 10.0. The quantitative estimate of drug-likeness (QED) is 0.607. The Kier molecular flexibility index (Phi) is 3.20. The van der Waals surface area contributed by atoms with Gasteiger partial charge in [-0.2, -0.15) is 0 Å². The Morgan fingerprint density at radius 1 is 1.12 bits per heavy atom. The maximum absolute atomic E-state index is 11.8. The molecule has 4 aromatic rings. The molecular weight excluding hydrogens is 302 g/mol. The molecule has 3 N–H and O–H groups in total. The van der Waals surface area contributed by atoms with Gasteiger partial charge in [0.15, 0.2) is 0 Å². The van der Waals surface area contributed by atoms with Gasteiger partial charge in [-0.05, 0) is 24.3 Å². The van der Waals surface area contributed by atoms with E-state index in [2.05, 4.69) is 9.97 Å². The summed E-state index contributed by atoms with van der Waals surface area (Å²) in [6.07, 6.45) is 1.74. The first kappa shape index (κ1) is 14.3. The Labute approximate surface area is 138 Å². The minimum atomic E-state index is -0.470. The molecular formula is C19H15N3O2. The van der Waals surface area contributed by atoms with Crippen molar-refractivity contribution in [1.82, 2.24) is 9.97 Å². The van der Waals surface area contributed by atoms with Gasteiger partial charge in [-0.1, -0.05) is 18.2 Å². The molecule has 0 aliphatic rings. The molecule has 4 rings (SSSR count). The zero-order chi connectivity index (χ0) is 16.7. The van der Waals surface area contributed by atoms with Crippen LogP contribution in [0.2, 0.25) is 0 Å². The van der Waals surface area contributed by atoms with Crippen LogP contribution in [0.3, 0.4) is 0 Å². The molecule has 118 valence electrons. The van der Waals surface area contributed by atoms with Crippen LogP contribution in [-0.4, -0.2) is 23.0 Å². The van der Waals surface area contributed by atoms with Crippen molar-refractivity contribution >= 4 is 27.7 Å². The predicted octanol–water partition coefficient (Wildman–Crippen LogP) is 3.49. The second kappa shape index (κ2) is 5.38. The highest BCUT2D eigenvalue weighted by atomic mass is 16.5. The van der Waals surface area contributed by atoms with E-state index >= 15 is 0 Å². The Bertz CT molecular complexity index is 1080. The van der Waals surface area contributed by atoms with Gasteiger partial charge in [-0.3, -0.25) is 9.78 Å². The molecule has 2 aromatic heterocycles. The van der Waals surface area contributed by atoms with Gasteiger partial charge in [0.05, 0.1) is 23.8 Å². The smallest absolute Gasteiger partial charge is 0.249 e. The molecule has 5 nitrogen and oxygen atoms in total. The topological polar surface area (TPSA) is 81.0 Å². The number of pyridine rings is 1. The molecule has 0 unspecified atom stereocenters. The van der Waals surface area contributed by atoms with Gasteiger partial charge in [0, 0.05) is 34.2 Å². The molecule has 2 aromatic carbocycles. The number of fused-ring (bicyclic) bond motifs is 3. The molecule has 5 heteroatoms. The van der Waals surface area contributed by atoms with Crippen LogP contribution in [-0.2, 0) is 0 Å². The maximum atomic E-state index is 11.8. The van der Waals surface area contributed by atoms with E-state index < -0.39 is 5.91 Å². The van der Waals surface area contributed by atoms with Crippen LogP contribution in [0.15, 0.2) is 54.7 Å². The third-order valence-corrected chi connectivity index (χ3v) is 4.18. The lowest BCUT2D eigenvalue weighted by molar-refractivity contribution is 0.100.